The molecule has 1 saturated carbocycles. The second-order valence-electron chi connectivity index (χ2n) is 12.4. The summed E-state index contributed by atoms with van der Waals surface area (Å²) in [6.07, 6.45) is 3.65. The quantitative estimate of drug-likeness (QED) is 0.290. The number of ether oxygens (including phenoxy) is 3. The van der Waals surface area contributed by atoms with Crippen LogP contribution in [-0.2, 0) is 28.7 Å². The lowest BCUT2D eigenvalue weighted by Gasteiger charge is -2.35. The first-order chi connectivity index (χ1) is 24.2. The van der Waals surface area contributed by atoms with Crippen molar-refractivity contribution in [3.63, 3.8) is 0 Å². The Bertz CT molecular complexity index is 1540. The average Bonchev–Trinajstić information content (AvgIpc) is 3.79. The number of carbonyl (C=O) groups excluding carboxylic acids is 6. The van der Waals surface area contributed by atoms with E-state index in [-0.39, 0.29) is 81.7 Å². The zero-order valence-corrected chi connectivity index (χ0v) is 28.5. The van der Waals surface area contributed by atoms with Crippen LogP contribution >= 0.6 is 0 Å². The summed E-state index contributed by atoms with van der Waals surface area (Å²) < 4.78 is 17.1. The molecular weight excluding hydrogens is 650 g/mol. The second-order valence-corrected chi connectivity index (χ2v) is 12.4. The van der Waals surface area contributed by atoms with Crippen LogP contribution in [0.1, 0.15) is 62.4 Å². The van der Waals surface area contributed by atoms with Crippen molar-refractivity contribution in [1.29, 1.82) is 0 Å². The molecule has 1 aliphatic carbocycles. The lowest BCUT2D eigenvalue weighted by Crippen LogP contribution is -2.56. The van der Waals surface area contributed by atoms with Crippen molar-refractivity contribution in [3.8, 4) is 11.6 Å². The molecule has 5 rings (SSSR count). The minimum absolute atomic E-state index is 0.0298. The highest BCUT2D eigenvalue weighted by molar-refractivity contribution is 5.96. The molecule has 16 nitrogen and oxygen atoms in total. The molecular formula is C34H45N7O9. The van der Waals surface area contributed by atoms with Crippen LogP contribution in [0.5, 0.6) is 5.88 Å². The number of amides is 5. The number of likely N-dealkylation sites (tertiary alicyclic amines) is 1. The summed E-state index contributed by atoms with van der Waals surface area (Å²) in [7, 11) is 1.24. The highest BCUT2D eigenvalue weighted by Gasteiger charge is 2.36. The molecule has 2 aliphatic heterocycles. The normalized spacial score (nSPS) is 18.1. The van der Waals surface area contributed by atoms with Crippen LogP contribution in [0.4, 0.5) is 4.79 Å². The van der Waals surface area contributed by atoms with E-state index in [9.17, 15) is 28.8 Å². The number of hydrogen-bond donors (Lipinski definition) is 2. The predicted octanol–water partition coefficient (Wildman–Crippen LogP) is 1.26. The summed E-state index contributed by atoms with van der Waals surface area (Å²) in [5, 5.41) is 10.2. The minimum atomic E-state index is -1.10. The van der Waals surface area contributed by atoms with Gasteiger partial charge in [0, 0.05) is 51.3 Å². The first-order valence-corrected chi connectivity index (χ1v) is 17.1. The molecule has 2 saturated heterocycles. The third-order valence-electron chi connectivity index (χ3n) is 9.17. The number of rotatable bonds is 13. The molecule has 16 heteroatoms. The largest absolute Gasteiger partial charge is 0.469 e. The number of esters is 1. The first-order valence-electron chi connectivity index (χ1n) is 17.1. The fraction of sp³-hybridized carbons (Fsp3) is 0.559. The molecule has 50 heavy (non-hydrogen) atoms. The zero-order chi connectivity index (χ0) is 35.6. The molecule has 2 aromatic rings. The van der Waals surface area contributed by atoms with Gasteiger partial charge in [-0.15, -0.1) is 0 Å². The van der Waals surface area contributed by atoms with E-state index >= 15 is 0 Å². The van der Waals surface area contributed by atoms with E-state index in [1.165, 1.54) is 32.6 Å². The Kier molecular flexibility index (Phi) is 12.3. The number of para-hydroxylation sites is 1. The van der Waals surface area contributed by atoms with Crippen LogP contribution in [0, 0.1) is 0 Å². The molecule has 2 unspecified atom stereocenters. The van der Waals surface area contributed by atoms with Gasteiger partial charge in [0.25, 0.3) is 11.8 Å². The molecule has 5 amide bonds. The fourth-order valence-corrected chi connectivity index (χ4v) is 6.14. The van der Waals surface area contributed by atoms with Gasteiger partial charge in [-0.05, 0) is 57.6 Å². The fourth-order valence-electron chi connectivity index (χ4n) is 6.14. The third kappa shape index (κ3) is 8.90. The predicted molar refractivity (Wildman–Crippen MR) is 177 cm³/mol. The van der Waals surface area contributed by atoms with Gasteiger partial charge in [0.05, 0.1) is 19.4 Å². The van der Waals surface area contributed by atoms with Crippen molar-refractivity contribution in [2.24, 2.45) is 0 Å². The summed E-state index contributed by atoms with van der Waals surface area (Å²) in [5.41, 5.74) is 0.476. The lowest BCUT2D eigenvalue weighted by molar-refractivity contribution is -0.141. The molecule has 1 aromatic heterocycles. The van der Waals surface area contributed by atoms with E-state index in [4.69, 9.17) is 14.2 Å². The number of hydrogen-bond acceptors (Lipinski definition) is 10. The molecule has 3 aliphatic rings. The summed E-state index contributed by atoms with van der Waals surface area (Å²) in [6, 6.07) is 8.78. The molecule has 3 heterocycles. The second kappa shape index (κ2) is 17.0. The van der Waals surface area contributed by atoms with E-state index in [0.717, 1.165) is 19.3 Å². The number of aromatic nitrogens is 2. The Balaban J connectivity index is 1.28. The van der Waals surface area contributed by atoms with E-state index in [1.54, 1.807) is 31.2 Å². The Labute approximate surface area is 290 Å². The van der Waals surface area contributed by atoms with Crippen molar-refractivity contribution in [2.45, 2.75) is 70.0 Å². The SMILES string of the molecule is CCOC(=O)N1CCN(C(=O)C(CCC(=O)OC)NC(=O)c2cc(OCC(=O)N3CCCC3C(=O)NC3CCC3)n(-c3ccccc3)n2)CC1. The first kappa shape index (κ1) is 36.1. The summed E-state index contributed by atoms with van der Waals surface area (Å²) in [5.74, 6) is -2.06. The highest BCUT2D eigenvalue weighted by atomic mass is 16.6. The van der Waals surface area contributed by atoms with Crippen LogP contribution in [0.2, 0.25) is 0 Å². The van der Waals surface area contributed by atoms with Gasteiger partial charge in [-0.1, -0.05) is 18.2 Å². The monoisotopic (exact) mass is 695 g/mol. The van der Waals surface area contributed by atoms with Gasteiger partial charge < -0.3 is 39.5 Å². The van der Waals surface area contributed by atoms with Crippen LogP contribution in [-0.4, -0.2) is 131 Å². The Hall–Kier alpha value is -5.15. The van der Waals surface area contributed by atoms with Crippen LogP contribution in [0.15, 0.2) is 36.4 Å². The lowest BCUT2D eigenvalue weighted by atomic mass is 9.93. The van der Waals surface area contributed by atoms with Gasteiger partial charge in [0.2, 0.25) is 17.7 Å². The molecule has 1 aromatic carbocycles. The number of methoxy groups -OCH3 is 1. The summed E-state index contributed by atoms with van der Waals surface area (Å²) >= 11 is 0. The highest BCUT2D eigenvalue weighted by Crippen LogP contribution is 2.24. The summed E-state index contributed by atoms with van der Waals surface area (Å²) in [4.78, 5) is 82.1. The maximum atomic E-state index is 13.6. The zero-order valence-electron chi connectivity index (χ0n) is 28.5. The molecule has 0 radical (unpaired) electrons. The third-order valence-corrected chi connectivity index (χ3v) is 9.17. The standard InChI is InChI=1S/C34H45N7O9/c1-3-49-34(47)39-19-17-38(18-20-39)33(46)25(14-15-30(43)48-2)36-31(44)26-21-29(41(37-26)24-11-5-4-6-12-24)50-22-28(42)40-16-8-13-27(40)32(45)35-23-9-7-10-23/h4-6,11-12,21,23,25,27H,3,7-10,13-20,22H2,1-2H3,(H,35,45)(H,36,44). The minimum Gasteiger partial charge on any atom is -0.469 e. The van der Waals surface area contributed by atoms with Crippen molar-refractivity contribution in [1.82, 2.24) is 35.1 Å². The van der Waals surface area contributed by atoms with Gasteiger partial charge in [-0.3, -0.25) is 24.0 Å². The number of nitrogens with zero attached hydrogens (tertiary/aromatic N) is 5. The molecule has 0 bridgehead atoms. The summed E-state index contributed by atoms with van der Waals surface area (Å²) in [6.45, 7) is 2.96. The van der Waals surface area contributed by atoms with Crippen molar-refractivity contribution < 1.29 is 43.0 Å². The number of nitrogens with one attached hydrogen (secondary N) is 2. The topological polar surface area (TPSA) is 182 Å². The van der Waals surface area contributed by atoms with Crippen molar-refractivity contribution in [2.75, 3.05) is 53.0 Å². The molecule has 3 fully saturated rings. The molecule has 270 valence electrons. The van der Waals surface area contributed by atoms with Crippen molar-refractivity contribution in [3.05, 3.63) is 42.1 Å². The molecule has 2 N–H and O–H groups in total. The van der Waals surface area contributed by atoms with Gasteiger partial charge >= 0.3 is 12.1 Å². The van der Waals surface area contributed by atoms with E-state index in [1.807, 2.05) is 6.07 Å². The van der Waals surface area contributed by atoms with Gasteiger partial charge in [0.1, 0.15) is 12.1 Å². The Morgan fingerprint density at radius 3 is 2.32 bits per heavy atom. The van der Waals surface area contributed by atoms with E-state index in [0.29, 0.717) is 25.1 Å². The maximum Gasteiger partial charge on any atom is 0.409 e. The molecule has 2 atom stereocenters. The van der Waals surface area contributed by atoms with Crippen LogP contribution < -0.4 is 15.4 Å². The van der Waals surface area contributed by atoms with E-state index in [2.05, 4.69) is 15.7 Å². The number of piperazine rings is 1. The average molecular weight is 696 g/mol. The Morgan fingerprint density at radius 1 is 0.940 bits per heavy atom. The molecule has 0 spiro atoms. The van der Waals surface area contributed by atoms with Gasteiger partial charge in [-0.2, -0.15) is 5.10 Å². The smallest absolute Gasteiger partial charge is 0.409 e. The Morgan fingerprint density at radius 2 is 1.66 bits per heavy atom. The van der Waals surface area contributed by atoms with Gasteiger partial charge in [-0.25, -0.2) is 9.48 Å². The van der Waals surface area contributed by atoms with Crippen LogP contribution in [0.3, 0.4) is 0 Å². The number of carbonyl (C=O) groups is 6. The van der Waals surface area contributed by atoms with E-state index < -0.39 is 36.0 Å². The maximum absolute atomic E-state index is 13.6. The van der Waals surface area contributed by atoms with Crippen LogP contribution in [0.25, 0.3) is 5.69 Å². The number of benzene rings is 1. The van der Waals surface area contributed by atoms with Crippen molar-refractivity contribution >= 4 is 35.7 Å². The van der Waals surface area contributed by atoms with Gasteiger partial charge in [0.15, 0.2) is 12.3 Å².